The minimum Gasteiger partial charge on any atom is -0.432 e. The first-order valence-electron chi connectivity index (χ1n) is 10.7. The molecule has 10 nitrogen and oxygen atoms in total. The first-order chi connectivity index (χ1) is 17.4. The summed E-state index contributed by atoms with van der Waals surface area (Å²) in [6.45, 7) is 1.26. The maximum atomic E-state index is 13.9. The van der Waals surface area contributed by atoms with E-state index in [9.17, 15) is 22.9 Å². The molecule has 0 bridgehead atoms. The number of hydrogen-bond donors (Lipinski definition) is 1. The molecule has 1 unspecified atom stereocenters. The van der Waals surface area contributed by atoms with Gasteiger partial charge < -0.3 is 14.6 Å². The molecule has 0 radical (unpaired) electrons. The molecule has 200 valence electrons. The van der Waals surface area contributed by atoms with E-state index in [4.69, 9.17) is 30.1 Å². The average molecular weight is 637 g/mol. The largest absolute Gasteiger partial charge is 0.510 e. The van der Waals surface area contributed by atoms with Crippen molar-refractivity contribution in [1.82, 2.24) is 0 Å². The van der Waals surface area contributed by atoms with Gasteiger partial charge in [-0.3, -0.25) is 17.9 Å². The van der Waals surface area contributed by atoms with E-state index in [0.717, 1.165) is 4.31 Å². The van der Waals surface area contributed by atoms with Crippen molar-refractivity contribution >= 4 is 67.8 Å². The summed E-state index contributed by atoms with van der Waals surface area (Å²) in [6, 6.07) is 16.0. The molecule has 3 aromatic carbocycles. The van der Waals surface area contributed by atoms with E-state index in [1.165, 1.54) is 24.3 Å². The van der Waals surface area contributed by atoms with Crippen LogP contribution < -0.4 is 4.31 Å². The number of carbonyl (C=O) groups excluding carboxylic acids is 1. The Bertz CT molecular complexity index is 1390. The maximum Gasteiger partial charge on any atom is 0.510 e. The Morgan fingerprint density at radius 1 is 1.11 bits per heavy atom. The highest BCUT2D eigenvalue weighted by atomic mass is 79.9. The van der Waals surface area contributed by atoms with Gasteiger partial charge in [0.2, 0.25) is 6.79 Å². The normalized spacial score (nSPS) is 13.4. The van der Waals surface area contributed by atoms with Crippen LogP contribution in [0.25, 0.3) is 10.8 Å². The molecule has 1 atom stereocenters. The van der Waals surface area contributed by atoms with Crippen molar-refractivity contribution in [1.29, 1.82) is 0 Å². The summed E-state index contributed by atoms with van der Waals surface area (Å²) < 4.78 is 62.3. The predicted molar refractivity (Wildman–Crippen MR) is 142 cm³/mol. The monoisotopic (exact) mass is 635 g/mol. The third-order valence-electron chi connectivity index (χ3n) is 4.77. The topological polar surface area (TPSA) is 129 Å². The van der Waals surface area contributed by atoms with Gasteiger partial charge in [0.25, 0.3) is 10.0 Å². The van der Waals surface area contributed by atoms with Crippen LogP contribution in [0.5, 0.6) is 0 Å². The molecule has 0 aliphatic carbocycles. The fourth-order valence-corrected chi connectivity index (χ4v) is 7.68. The van der Waals surface area contributed by atoms with Crippen molar-refractivity contribution in [2.75, 3.05) is 24.2 Å². The fourth-order valence-electron chi connectivity index (χ4n) is 3.26. The molecule has 1 N–H and O–H groups in total. The van der Waals surface area contributed by atoms with Crippen LogP contribution in [-0.2, 0) is 33.1 Å². The Morgan fingerprint density at radius 2 is 1.81 bits per heavy atom. The molecule has 0 aliphatic rings. The minimum absolute atomic E-state index is 0.147. The second-order valence-corrected chi connectivity index (χ2v) is 13.0. The van der Waals surface area contributed by atoms with Crippen LogP contribution >= 0.6 is 35.1 Å². The van der Waals surface area contributed by atoms with Crippen LogP contribution in [0.1, 0.15) is 13.8 Å². The lowest BCUT2D eigenvalue weighted by Crippen LogP contribution is -2.33. The van der Waals surface area contributed by atoms with Gasteiger partial charge >= 0.3 is 13.8 Å². The van der Waals surface area contributed by atoms with Crippen LogP contribution in [0, 0.1) is 0 Å². The van der Waals surface area contributed by atoms with Gasteiger partial charge in [0, 0.05) is 14.9 Å². The van der Waals surface area contributed by atoms with E-state index in [1.807, 2.05) is 0 Å². The third kappa shape index (κ3) is 7.67. The lowest BCUT2D eigenvalue weighted by molar-refractivity contribution is -0.0179. The number of benzene rings is 3. The number of ether oxygens (including phenoxy) is 2. The molecule has 0 amide bonds. The molecule has 37 heavy (non-hydrogen) atoms. The van der Waals surface area contributed by atoms with Crippen molar-refractivity contribution in [2.45, 2.75) is 24.8 Å². The highest BCUT2D eigenvalue weighted by Crippen LogP contribution is 2.51. The summed E-state index contributed by atoms with van der Waals surface area (Å²) in [5, 5.41) is 10.8. The van der Waals surface area contributed by atoms with Gasteiger partial charge in [-0.2, -0.15) is 0 Å². The van der Waals surface area contributed by atoms with Gasteiger partial charge in [-0.15, -0.1) is 0 Å². The van der Waals surface area contributed by atoms with Crippen molar-refractivity contribution in [2.24, 2.45) is 0 Å². The standard InChI is InChI=1S/C23H24BrClNO9PS/c1-16(2)35-23(28)32-15-34-36(29,33-14-27)13-26(22-9-5-7-17-6-3-4-8-21(17)22)37(30,31)20-11-18(24)10-19(25)12-20/h3-12,16,27H,13-15H2,1-2H3. The SMILES string of the molecule is CC(C)OC(=O)OCOP(=O)(CN(c1cccc2ccccc12)S(=O)(=O)c1cc(Cl)cc(Br)c1)OCO. The van der Waals surface area contributed by atoms with E-state index in [2.05, 4.69) is 15.9 Å². The van der Waals surface area contributed by atoms with E-state index >= 15 is 0 Å². The molecule has 0 heterocycles. The zero-order chi connectivity index (χ0) is 27.2. The van der Waals surface area contributed by atoms with E-state index in [1.54, 1.807) is 50.2 Å². The summed E-state index contributed by atoms with van der Waals surface area (Å²) in [6.07, 6.45) is -2.43. The lowest BCUT2D eigenvalue weighted by Gasteiger charge is -2.29. The molecule has 14 heteroatoms. The molecular formula is C23H24BrClNO9PS. The number of sulfonamides is 1. The molecule has 0 spiro atoms. The van der Waals surface area contributed by atoms with Crippen molar-refractivity contribution in [3.63, 3.8) is 0 Å². The number of hydrogen-bond acceptors (Lipinski definition) is 9. The van der Waals surface area contributed by atoms with Crippen molar-refractivity contribution in [3.05, 3.63) is 70.2 Å². The fraction of sp³-hybridized carbons (Fsp3) is 0.261. The van der Waals surface area contributed by atoms with Gasteiger partial charge in [-0.25, -0.2) is 13.2 Å². The molecule has 3 aromatic rings. The van der Waals surface area contributed by atoms with Crippen molar-refractivity contribution in [3.8, 4) is 0 Å². The van der Waals surface area contributed by atoms with Gasteiger partial charge in [-0.1, -0.05) is 63.9 Å². The van der Waals surface area contributed by atoms with Gasteiger partial charge in [0.05, 0.1) is 16.7 Å². The minimum atomic E-state index is -4.43. The number of rotatable bonds is 11. The zero-order valence-electron chi connectivity index (χ0n) is 19.7. The Morgan fingerprint density at radius 3 is 2.49 bits per heavy atom. The maximum absolute atomic E-state index is 13.9. The molecule has 0 saturated carbocycles. The Balaban J connectivity index is 2.07. The number of halogens is 2. The highest BCUT2D eigenvalue weighted by Gasteiger charge is 2.37. The quantitative estimate of drug-likeness (QED) is 0.151. The second-order valence-electron chi connectivity index (χ2n) is 7.78. The molecule has 0 aliphatic heterocycles. The van der Waals surface area contributed by atoms with Gasteiger partial charge in [0.15, 0.2) is 6.79 Å². The number of carbonyl (C=O) groups is 1. The van der Waals surface area contributed by atoms with E-state index < -0.39 is 49.8 Å². The van der Waals surface area contributed by atoms with Crippen LogP contribution in [-0.4, -0.2) is 45.7 Å². The highest BCUT2D eigenvalue weighted by molar-refractivity contribution is 9.10. The lowest BCUT2D eigenvalue weighted by atomic mass is 10.1. The zero-order valence-corrected chi connectivity index (χ0v) is 23.8. The molecule has 0 fully saturated rings. The molecular weight excluding hydrogens is 613 g/mol. The number of nitrogens with zero attached hydrogens (tertiary/aromatic N) is 1. The summed E-state index contributed by atoms with van der Waals surface area (Å²) in [5.74, 6) is 0. The Hall–Kier alpha value is -2.18. The van der Waals surface area contributed by atoms with Gasteiger partial charge in [-0.05, 0) is 43.5 Å². The van der Waals surface area contributed by atoms with Crippen LogP contribution in [0.3, 0.4) is 0 Å². The Kier molecular flexibility index (Phi) is 9.99. The average Bonchev–Trinajstić information content (AvgIpc) is 2.81. The Labute approximate surface area is 227 Å². The summed E-state index contributed by atoms with van der Waals surface area (Å²) in [4.78, 5) is 11.5. The smallest absolute Gasteiger partial charge is 0.432 e. The summed E-state index contributed by atoms with van der Waals surface area (Å²) >= 11 is 9.34. The third-order valence-corrected chi connectivity index (χ3v) is 9.02. The second kappa shape index (κ2) is 12.6. The van der Waals surface area contributed by atoms with Gasteiger partial charge in [0.1, 0.15) is 6.29 Å². The number of aliphatic hydroxyl groups is 1. The first kappa shape index (κ1) is 29.4. The molecule has 3 rings (SSSR count). The predicted octanol–water partition coefficient (Wildman–Crippen LogP) is 6.10. The molecule has 0 aromatic heterocycles. The van der Waals surface area contributed by atoms with Crippen LogP contribution in [0.2, 0.25) is 5.02 Å². The van der Waals surface area contributed by atoms with Crippen molar-refractivity contribution < 1.29 is 41.4 Å². The van der Waals surface area contributed by atoms with E-state index in [-0.39, 0.29) is 15.6 Å². The summed E-state index contributed by atoms with van der Waals surface area (Å²) in [5.41, 5.74) is 0.166. The van der Waals surface area contributed by atoms with Crippen LogP contribution in [0.4, 0.5) is 10.5 Å². The summed E-state index contributed by atoms with van der Waals surface area (Å²) in [7, 11) is -8.86. The number of anilines is 1. The molecule has 0 saturated heterocycles. The first-order valence-corrected chi connectivity index (χ1v) is 15.1. The number of fused-ring (bicyclic) bond motifs is 1. The van der Waals surface area contributed by atoms with E-state index in [0.29, 0.717) is 15.2 Å². The van der Waals surface area contributed by atoms with Crippen LogP contribution in [0.15, 0.2) is 70.0 Å². The number of aliphatic hydroxyl groups excluding tert-OH is 1.